The van der Waals surface area contributed by atoms with E-state index < -0.39 is 5.92 Å². The van der Waals surface area contributed by atoms with Crippen LogP contribution < -0.4 is 10.2 Å². The van der Waals surface area contributed by atoms with Gasteiger partial charge in [-0.15, -0.1) is 0 Å². The lowest BCUT2D eigenvalue weighted by atomic mass is 10.1. The van der Waals surface area contributed by atoms with Crippen LogP contribution in [0.2, 0.25) is 0 Å². The number of nitrogens with one attached hydrogen (secondary N) is 1. The van der Waals surface area contributed by atoms with E-state index in [0.717, 1.165) is 28.2 Å². The number of nitrogens with zero attached hydrogens (tertiary/aromatic N) is 3. The molecule has 0 saturated carbocycles. The minimum Gasteiger partial charge on any atom is -0.311 e. The van der Waals surface area contributed by atoms with E-state index in [1.807, 2.05) is 52.0 Å². The quantitative estimate of drug-likeness (QED) is 0.934. The molecule has 1 unspecified atom stereocenters. The number of carbonyl (C=O) groups excluding carboxylic acids is 2. The summed E-state index contributed by atoms with van der Waals surface area (Å²) in [6.07, 6.45) is 0.198. The smallest absolute Gasteiger partial charge is 0.232 e. The topological polar surface area (TPSA) is 75.2 Å². The Balaban J connectivity index is 1.74. The van der Waals surface area contributed by atoms with Crippen molar-refractivity contribution >= 4 is 23.5 Å². The van der Waals surface area contributed by atoms with Crippen LogP contribution in [-0.4, -0.2) is 28.3 Å². The van der Waals surface area contributed by atoms with Crippen molar-refractivity contribution < 1.29 is 9.59 Å². The van der Waals surface area contributed by atoms with Gasteiger partial charge in [-0.2, -0.15) is 0 Å². The number of rotatable bonds is 3. The van der Waals surface area contributed by atoms with Crippen molar-refractivity contribution in [2.75, 3.05) is 16.8 Å². The minimum absolute atomic E-state index is 0.0338. The molecule has 0 spiro atoms. The Bertz CT molecular complexity index is 827. The zero-order valence-electron chi connectivity index (χ0n) is 15.0. The molecule has 1 saturated heterocycles. The molecule has 6 nitrogen and oxygen atoms in total. The fourth-order valence-corrected chi connectivity index (χ4v) is 3.22. The van der Waals surface area contributed by atoms with Gasteiger partial charge in [0, 0.05) is 30.0 Å². The van der Waals surface area contributed by atoms with Crippen LogP contribution in [0.15, 0.2) is 24.3 Å². The second-order valence-corrected chi connectivity index (χ2v) is 6.66. The molecule has 1 aromatic heterocycles. The van der Waals surface area contributed by atoms with Crippen LogP contribution in [0.5, 0.6) is 0 Å². The van der Waals surface area contributed by atoms with Crippen molar-refractivity contribution in [3.05, 3.63) is 46.8 Å². The van der Waals surface area contributed by atoms with E-state index in [1.54, 1.807) is 4.90 Å². The van der Waals surface area contributed by atoms with E-state index >= 15 is 0 Å². The van der Waals surface area contributed by atoms with Crippen LogP contribution >= 0.6 is 0 Å². The van der Waals surface area contributed by atoms with Crippen LogP contribution in [0.3, 0.4) is 0 Å². The molecule has 2 heterocycles. The van der Waals surface area contributed by atoms with Gasteiger partial charge < -0.3 is 4.90 Å². The second-order valence-electron chi connectivity index (χ2n) is 6.66. The van der Waals surface area contributed by atoms with Crippen LogP contribution in [-0.2, 0) is 9.59 Å². The van der Waals surface area contributed by atoms with Crippen molar-refractivity contribution in [2.24, 2.45) is 5.92 Å². The summed E-state index contributed by atoms with van der Waals surface area (Å²) in [5, 5.41) is 2.74. The summed E-state index contributed by atoms with van der Waals surface area (Å²) in [6, 6.07) is 7.80. The molecule has 130 valence electrons. The lowest BCUT2D eigenvalue weighted by molar-refractivity contribution is -0.122. The predicted molar refractivity (Wildman–Crippen MR) is 96.5 cm³/mol. The molecule has 1 aliphatic rings. The predicted octanol–water partition coefficient (Wildman–Crippen LogP) is 2.70. The van der Waals surface area contributed by atoms with E-state index in [2.05, 4.69) is 15.3 Å². The lowest BCUT2D eigenvalue weighted by Crippen LogP contribution is -2.29. The summed E-state index contributed by atoms with van der Waals surface area (Å²) >= 11 is 0. The highest BCUT2D eigenvalue weighted by Gasteiger charge is 2.36. The maximum absolute atomic E-state index is 12.5. The maximum atomic E-state index is 12.5. The van der Waals surface area contributed by atoms with Gasteiger partial charge in [0.2, 0.25) is 17.8 Å². The average Bonchev–Trinajstić information content (AvgIpc) is 2.88. The number of anilines is 2. The van der Waals surface area contributed by atoms with Crippen LogP contribution in [0.1, 0.15) is 28.9 Å². The fraction of sp³-hybridized carbons (Fsp3) is 0.368. The third-order valence-corrected chi connectivity index (χ3v) is 4.36. The Morgan fingerprint density at radius 2 is 1.80 bits per heavy atom. The summed E-state index contributed by atoms with van der Waals surface area (Å²) in [5.41, 5.74) is 4.64. The number of aromatic nitrogens is 2. The van der Waals surface area contributed by atoms with E-state index in [9.17, 15) is 9.59 Å². The number of benzene rings is 1. The van der Waals surface area contributed by atoms with Gasteiger partial charge in [0.05, 0.1) is 5.92 Å². The molecule has 1 aliphatic heterocycles. The van der Waals surface area contributed by atoms with Crippen LogP contribution in [0.4, 0.5) is 11.6 Å². The highest BCUT2D eigenvalue weighted by molar-refractivity contribution is 6.03. The molecule has 1 atom stereocenters. The summed E-state index contributed by atoms with van der Waals surface area (Å²) < 4.78 is 0. The molecule has 2 amide bonds. The highest BCUT2D eigenvalue weighted by atomic mass is 16.2. The lowest BCUT2D eigenvalue weighted by Gasteiger charge is -2.19. The Morgan fingerprint density at radius 3 is 2.44 bits per heavy atom. The largest absolute Gasteiger partial charge is 0.311 e. The molecular formula is C19H22N4O2. The average molecular weight is 338 g/mol. The normalized spacial score (nSPS) is 17.0. The first-order valence-corrected chi connectivity index (χ1v) is 8.34. The monoisotopic (exact) mass is 338 g/mol. The first-order valence-electron chi connectivity index (χ1n) is 8.34. The van der Waals surface area contributed by atoms with Gasteiger partial charge in [-0.25, -0.2) is 9.97 Å². The number of carbonyl (C=O) groups is 2. The number of aryl methyl sites for hydroxylation is 4. The van der Waals surface area contributed by atoms with Gasteiger partial charge in [-0.3, -0.25) is 14.9 Å². The Kier molecular flexibility index (Phi) is 4.53. The third-order valence-electron chi connectivity index (χ3n) is 4.36. The van der Waals surface area contributed by atoms with Gasteiger partial charge >= 0.3 is 0 Å². The van der Waals surface area contributed by atoms with Gasteiger partial charge in [0.15, 0.2) is 0 Å². The molecule has 3 rings (SSSR count). The van der Waals surface area contributed by atoms with Crippen molar-refractivity contribution in [3.63, 3.8) is 0 Å². The number of amides is 2. The molecule has 1 aromatic carbocycles. The molecule has 0 bridgehead atoms. The van der Waals surface area contributed by atoms with Crippen LogP contribution in [0, 0.1) is 33.6 Å². The molecule has 1 N–H and O–H groups in total. The van der Waals surface area contributed by atoms with E-state index in [4.69, 9.17) is 0 Å². The number of hydrogen-bond acceptors (Lipinski definition) is 4. The summed E-state index contributed by atoms with van der Waals surface area (Å²) in [4.78, 5) is 35.1. The van der Waals surface area contributed by atoms with Crippen molar-refractivity contribution in [2.45, 2.75) is 34.1 Å². The highest BCUT2D eigenvalue weighted by Crippen LogP contribution is 2.29. The first-order chi connectivity index (χ1) is 11.8. The Hall–Kier alpha value is -2.76. The second kappa shape index (κ2) is 6.63. The molecule has 0 radical (unpaired) electrons. The van der Waals surface area contributed by atoms with Gasteiger partial charge in [-0.05, 0) is 45.4 Å². The number of hydrogen-bond donors (Lipinski definition) is 1. The SMILES string of the molecule is Cc1ccc(N2CC(C(=O)Nc3nc(C)cc(C)n3)CC2=O)c(C)c1. The van der Waals surface area contributed by atoms with Crippen molar-refractivity contribution in [1.29, 1.82) is 0 Å². The van der Waals surface area contributed by atoms with Crippen molar-refractivity contribution in [1.82, 2.24) is 9.97 Å². The fourth-order valence-electron chi connectivity index (χ4n) is 3.22. The zero-order chi connectivity index (χ0) is 18.1. The van der Waals surface area contributed by atoms with Crippen LogP contribution in [0.25, 0.3) is 0 Å². The third kappa shape index (κ3) is 3.68. The van der Waals surface area contributed by atoms with Gasteiger partial charge in [0.1, 0.15) is 0 Å². The summed E-state index contributed by atoms with van der Waals surface area (Å²) in [7, 11) is 0. The van der Waals surface area contributed by atoms with E-state index in [-0.39, 0.29) is 18.2 Å². The maximum Gasteiger partial charge on any atom is 0.232 e. The zero-order valence-corrected chi connectivity index (χ0v) is 15.0. The standard InChI is InChI=1S/C19H22N4O2/c1-11-5-6-16(12(2)7-11)23-10-15(9-17(23)24)18(25)22-19-20-13(3)8-14(4)21-19/h5-8,15H,9-10H2,1-4H3,(H,20,21,22,25). The molecule has 25 heavy (non-hydrogen) atoms. The van der Waals surface area contributed by atoms with Crippen molar-refractivity contribution in [3.8, 4) is 0 Å². The Labute approximate surface area is 147 Å². The van der Waals surface area contributed by atoms with E-state index in [1.165, 1.54) is 0 Å². The Morgan fingerprint density at radius 1 is 1.12 bits per heavy atom. The molecule has 0 aliphatic carbocycles. The van der Waals surface area contributed by atoms with Gasteiger partial charge in [-0.1, -0.05) is 17.7 Å². The molecule has 1 fully saturated rings. The molecule has 6 heteroatoms. The minimum atomic E-state index is -0.405. The summed E-state index contributed by atoms with van der Waals surface area (Å²) in [6.45, 7) is 8.07. The first kappa shape index (κ1) is 17.1. The summed E-state index contributed by atoms with van der Waals surface area (Å²) in [5.74, 6) is -0.364. The van der Waals surface area contributed by atoms with E-state index in [0.29, 0.717) is 12.5 Å². The molecular weight excluding hydrogens is 316 g/mol. The molecule has 2 aromatic rings. The van der Waals surface area contributed by atoms with Gasteiger partial charge in [0.25, 0.3) is 0 Å².